The highest BCUT2D eigenvalue weighted by Crippen LogP contribution is 2.65. The minimum atomic E-state index is -1.15. The van der Waals surface area contributed by atoms with Gasteiger partial charge in [-0.3, -0.25) is 14.4 Å². The smallest absolute Gasteiger partial charge is 0.312 e. The molecule has 1 N–H and O–H groups in total. The largest absolute Gasteiger partial charge is 0.465 e. The average molecular weight is 519 g/mol. The lowest BCUT2D eigenvalue weighted by atomic mass is 9.62. The monoisotopic (exact) mass is 518 g/mol. The van der Waals surface area contributed by atoms with E-state index in [1.54, 1.807) is 22.0 Å². The number of ether oxygens (including phenoxy) is 2. The molecule has 3 saturated heterocycles. The number of carbonyl (C=O) groups excluding carboxylic acids is 3. The summed E-state index contributed by atoms with van der Waals surface area (Å²) in [5, 5.41) is 10.4. The van der Waals surface area contributed by atoms with Crippen LogP contribution in [-0.2, 0) is 23.9 Å². The third-order valence-electron chi connectivity index (χ3n) is 8.79. The number of fused-ring (bicyclic) bond motifs is 1. The molecule has 3 aliphatic heterocycles. The Kier molecular flexibility index (Phi) is 9.27. The van der Waals surface area contributed by atoms with Gasteiger partial charge in [0.25, 0.3) is 0 Å². The number of unbranched alkanes of at least 4 members (excludes halogenated alkanes) is 2. The van der Waals surface area contributed by atoms with Crippen molar-refractivity contribution >= 4 is 17.8 Å². The second-order valence-corrected chi connectivity index (χ2v) is 11.5. The number of esters is 1. The van der Waals surface area contributed by atoms with E-state index in [-0.39, 0.29) is 36.9 Å². The second-order valence-electron chi connectivity index (χ2n) is 11.5. The Morgan fingerprint density at radius 1 is 1.30 bits per heavy atom. The van der Waals surface area contributed by atoms with Crippen LogP contribution in [0.4, 0.5) is 0 Å². The van der Waals surface area contributed by atoms with E-state index in [2.05, 4.69) is 20.1 Å². The second kappa shape index (κ2) is 11.7. The van der Waals surface area contributed by atoms with Crippen molar-refractivity contribution in [3.63, 3.8) is 0 Å². The maximum absolute atomic E-state index is 14.3. The van der Waals surface area contributed by atoms with Crippen LogP contribution < -0.4 is 0 Å². The fraction of sp³-hybridized carbons (Fsp3) is 0.759. The van der Waals surface area contributed by atoms with Gasteiger partial charge in [-0.15, -0.1) is 13.2 Å². The van der Waals surface area contributed by atoms with Gasteiger partial charge in [0.2, 0.25) is 11.8 Å². The Morgan fingerprint density at radius 2 is 2.00 bits per heavy atom. The van der Waals surface area contributed by atoms with Crippen LogP contribution in [0.5, 0.6) is 0 Å². The zero-order chi connectivity index (χ0) is 27.5. The number of carbonyl (C=O) groups is 3. The van der Waals surface area contributed by atoms with E-state index < -0.39 is 41.1 Å². The molecule has 8 nitrogen and oxygen atoms in total. The van der Waals surface area contributed by atoms with Crippen LogP contribution in [0.15, 0.2) is 25.3 Å². The first-order chi connectivity index (χ1) is 17.5. The topological polar surface area (TPSA) is 96.4 Å². The molecular weight excluding hydrogens is 472 g/mol. The molecule has 2 bridgehead atoms. The van der Waals surface area contributed by atoms with Crippen molar-refractivity contribution < 1.29 is 29.0 Å². The number of aliphatic hydroxyl groups excluding tert-OH is 1. The van der Waals surface area contributed by atoms with Gasteiger partial charge in [0, 0.05) is 13.1 Å². The first-order valence-electron chi connectivity index (χ1n) is 13.9. The van der Waals surface area contributed by atoms with Crippen molar-refractivity contribution in [2.45, 2.75) is 90.0 Å². The molecule has 7 atom stereocenters. The molecule has 0 aromatic carbocycles. The van der Waals surface area contributed by atoms with Crippen LogP contribution in [0.2, 0.25) is 0 Å². The van der Waals surface area contributed by atoms with Crippen LogP contribution in [0, 0.1) is 23.7 Å². The molecule has 2 amide bonds. The van der Waals surface area contributed by atoms with Gasteiger partial charge in [-0.05, 0) is 44.4 Å². The number of amides is 2. The van der Waals surface area contributed by atoms with Crippen LogP contribution in [0.3, 0.4) is 0 Å². The summed E-state index contributed by atoms with van der Waals surface area (Å²) in [5.74, 6) is -2.78. The fourth-order valence-electron chi connectivity index (χ4n) is 6.75. The Bertz CT molecular complexity index is 890. The van der Waals surface area contributed by atoms with Crippen molar-refractivity contribution in [2.24, 2.45) is 23.7 Å². The number of rotatable bonds is 14. The predicted molar refractivity (Wildman–Crippen MR) is 141 cm³/mol. The number of likely N-dealkylation sites (tertiary alicyclic amines) is 1. The number of hydrogen-bond acceptors (Lipinski definition) is 6. The zero-order valence-electron chi connectivity index (χ0n) is 23.3. The minimum absolute atomic E-state index is 0.0624. The molecule has 0 aromatic rings. The third kappa shape index (κ3) is 4.87. The fourth-order valence-corrected chi connectivity index (χ4v) is 6.75. The molecule has 0 aliphatic carbocycles. The Balaban J connectivity index is 2.09. The van der Waals surface area contributed by atoms with Gasteiger partial charge in [-0.25, -0.2) is 0 Å². The summed E-state index contributed by atoms with van der Waals surface area (Å²) < 4.78 is 12.4. The first-order valence-corrected chi connectivity index (χ1v) is 13.9. The number of aliphatic hydroxyl groups is 1. The lowest BCUT2D eigenvalue weighted by Crippen LogP contribution is -2.59. The van der Waals surface area contributed by atoms with E-state index in [9.17, 15) is 19.5 Å². The molecule has 3 aliphatic rings. The normalized spacial score (nSPS) is 32.9. The Hall–Kier alpha value is -2.19. The molecule has 1 spiro atoms. The zero-order valence-corrected chi connectivity index (χ0v) is 23.3. The molecule has 0 saturated carbocycles. The highest BCUT2D eigenvalue weighted by molar-refractivity contribution is 5.98. The minimum Gasteiger partial charge on any atom is -0.465 e. The van der Waals surface area contributed by atoms with E-state index in [0.717, 1.165) is 19.3 Å². The number of nitrogens with zero attached hydrogens (tertiary/aromatic N) is 2. The van der Waals surface area contributed by atoms with Crippen molar-refractivity contribution in [1.29, 1.82) is 0 Å². The van der Waals surface area contributed by atoms with Gasteiger partial charge < -0.3 is 24.4 Å². The van der Waals surface area contributed by atoms with Crippen molar-refractivity contribution in [1.82, 2.24) is 9.80 Å². The van der Waals surface area contributed by atoms with Gasteiger partial charge >= 0.3 is 5.97 Å². The summed E-state index contributed by atoms with van der Waals surface area (Å²) in [5.41, 5.74) is -2.07. The van der Waals surface area contributed by atoms with Crippen LogP contribution >= 0.6 is 0 Å². The summed E-state index contributed by atoms with van der Waals surface area (Å²) in [6.45, 7) is 18.2. The van der Waals surface area contributed by atoms with Gasteiger partial charge in [-0.1, -0.05) is 46.3 Å². The van der Waals surface area contributed by atoms with Crippen LogP contribution in [-0.4, -0.2) is 82.3 Å². The summed E-state index contributed by atoms with van der Waals surface area (Å²) in [4.78, 5) is 45.3. The Morgan fingerprint density at radius 3 is 2.57 bits per heavy atom. The van der Waals surface area contributed by atoms with E-state index in [1.807, 2.05) is 27.7 Å². The van der Waals surface area contributed by atoms with E-state index in [1.165, 1.54) is 0 Å². The quantitative estimate of drug-likeness (QED) is 0.215. The van der Waals surface area contributed by atoms with Gasteiger partial charge in [0.15, 0.2) is 0 Å². The molecule has 3 heterocycles. The highest BCUT2D eigenvalue weighted by atomic mass is 16.6. The number of allylic oxidation sites excluding steroid dienone is 1. The van der Waals surface area contributed by atoms with E-state index in [0.29, 0.717) is 25.9 Å². The van der Waals surface area contributed by atoms with E-state index in [4.69, 9.17) is 9.47 Å². The summed E-state index contributed by atoms with van der Waals surface area (Å²) in [6.07, 6.45) is 7.06. The average Bonchev–Trinajstić information content (AvgIpc) is 3.36. The lowest BCUT2D eigenvalue weighted by molar-refractivity contribution is -0.164. The van der Waals surface area contributed by atoms with Gasteiger partial charge in [0.05, 0.1) is 30.8 Å². The predicted octanol–water partition coefficient (Wildman–Crippen LogP) is 3.34. The molecule has 37 heavy (non-hydrogen) atoms. The number of hydrogen-bond donors (Lipinski definition) is 1. The van der Waals surface area contributed by atoms with Crippen molar-refractivity contribution in [3.05, 3.63) is 25.3 Å². The molecule has 3 unspecified atom stereocenters. The molecule has 3 rings (SSSR count). The molecule has 0 aromatic heterocycles. The lowest BCUT2D eigenvalue weighted by Gasteiger charge is -2.40. The summed E-state index contributed by atoms with van der Waals surface area (Å²) in [7, 11) is 0. The van der Waals surface area contributed by atoms with Crippen LogP contribution in [0.1, 0.15) is 66.7 Å². The maximum Gasteiger partial charge on any atom is 0.312 e. The highest BCUT2D eigenvalue weighted by Gasteiger charge is 2.80. The molecule has 8 heteroatoms. The van der Waals surface area contributed by atoms with Crippen molar-refractivity contribution in [3.8, 4) is 0 Å². The SMILES string of the molecule is C=CCCCOC(=O)[C@H]1[C@H]2C(=O)N([C@@H](CO)C(C)C)C(C(=O)N(CC=C)CCCC)C23CC(C)[C@]1(C)O3. The first kappa shape index (κ1) is 29.4. The third-order valence-corrected chi connectivity index (χ3v) is 8.79. The maximum atomic E-state index is 14.3. The summed E-state index contributed by atoms with van der Waals surface area (Å²) >= 11 is 0. The van der Waals surface area contributed by atoms with Crippen LogP contribution in [0.25, 0.3) is 0 Å². The summed E-state index contributed by atoms with van der Waals surface area (Å²) in [6, 6.07) is -1.50. The van der Waals surface area contributed by atoms with E-state index >= 15 is 0 Å². The molecule has 208 valence electrons. The van der Waals surface area contributed by atoms with Gasteiger partial charge in [0.1, 0.15) is 17.6 Å². The molecule has 0 radical (unpaired) electrons. The van der Waals surface area contributed by atoms with Crippen molar-refractivity contribution in [2.75, 3.05) is 26.3 Å². The Labute approximate surface area is 222 Å². The molecular formula is C29H46N2O6. The standard InChI is InChI=1S/C29H46N2O6/c1-8-11-13-16-36-27(35)23-22-25(33)31(21(18-32)19(4)5)24(26(34)30(14-10-3)15-12-9-2)29(22)17-20(6)28(23,7)37-29/h8,10,19-24,32H,1,3,9,11-18H2,2,4-7H3/t20?,21-,22-,23+,24?,28-,29?/m0/s1. The van der Waals surface area contributed by atoms with Gasteiger partial charge in [-0.2, -0.15) is 0 Å². The molecule has 3 fully saturated rings.